The molecule has 1 saturated heterocycles. The lowest BCUT2D eigenvalue weighted by molar-refractivity contribution is -0.137. The first-order valence-electron chi connectivity index (χ1n) is 7.28. The molecule has 1 aromatic carbocycles. The maximum atomic E-state index is 12.4. The Morgan fingerprint density at radius 1 is 1.25 bits per heavy atom. The Labute approximate surface area is 156 Å². The van der Waals surface area contributed by atoms with Gasteiger partial charge in [-0.1, -0.05) is 23.2 Å². The number of rotatable bonds is 5. The largest absolute Gasteiger partial charge is 0.381 e. The number of amides is 2. The number of anilines is 1. The summed E-state index contributed by atoms with van der Waals surface area (Å²) in [7, 11) is 0. The molecule has 1 heterocycles. The predicted molar refractivity (Wildman–Crippen MR) is 96.9 cm³/mol. The zero-order valence-electron chi connectivity index (χ0n) is 12.9. The van der Waals surface area contributed by atoms with Crippen LogP contribution in [0.4, 0.5) is 5.69 Å². The summed E-state index contributed by atoms with van der Waals surface area (Å²) in [6.45, 7) is 1.05. The molecule has 4 N–H and O–H groups in total. The number of nitrogens with two attached hydrogens (primary N) is 1. The minimum absolute atomic E-state index is 0. The summed E-state index contributed by atoms with van der Waals surface area (Å²) >= 11 is 11.8. The van der Waals surface area contributed by atoms with Crippen molar-refractivity contribution < 1.29 is 14.3 Å². The average molecular weight is 397 g/mol. The van der Waals surface area contributed by atoms with E-state index in [9.17, 15) is 9.59 Å². The lowest BCUT2D eigenvalue weighted by Gasteiger charge is -2.34. The van der Waals surface area contributed by atoms with E-state index < -0.39 is 5.41 Å². The van der Waals surface area contributed by atoms with E-state index in [4.69, 9.17) is 33.7 Å². The molecule has 2 amide bonds. The summed E-state index contributed by atoms with van der Waals surface area (Å²) in [5.74, 6) is -0.614. The molecule has 6 nitrogen and oxygen atoms in total. The van der Waals surface area contributed by atoms with E-state index in [0.29, 0.717) is 41.8 Å². The van der Waals surface area contributed by atoms with Gasteiger partial charge in [0.05, 0.1) is 22.7 Å². The molecule has 2 rings (SSSR count). The highest BCUT2D eigenvalue weighted by atomic mass is 35.5. The van der Waals surface area contributed by atoms with Crippen molar-refractivity contribution in [2.24, 2.45) is 11.1 Å². The molecule has 0 aliphatic carbocycles. The van der Waals surface area contributed by atoms with E-state index >= 15 is 0 Å². The van der Waals surface area contributed by atoms with Crippen LogP contribution in [-0.2, 0) is 14.3 Å². The number of carbonyl (C=O) groups excluding carboxylic acids is 2. The third-order valence-corrected chi connectivity index (χ3v) is 4.50. The van der Waals surface area contributed by atoms with Crippen molar-refractivity contribution in [3.8, 4) is 0 Å². The molecule has 0 unspecified atom stereocenters. The van der Waals surface area contributed by atoms with Gasteiger partial charge in [0, 0.05) is 24.8 Å². The molecule has 0 saturated carbocycles. The Bertz CT molecular complexity index is 593. The van der Waals surface area contributed by atoms with Crippen molar-refractivity contribution in [2.45, 2.75) is 12.8 Å². The highest BCUT2D eigenvalue weighted by molar-refractivity contribution is 6.35. The summed E-state index contributed by atoms with van der Waals surface area (Å²) in [4.78, 5) is 24.3. The summed E-state index contributed by atoms with van der Waals surface area (Å²) in [6.07, 6.45) is 1.11. The molecule has 134 valence electrons. The molecule has 1 fully saturated rings. The second-order valence-electron chi connectivity index (χ2n) is 5.45. The van der Waals surface area contributed by atoms with E-state index in [1.807, 2.05) is 0 Å². The minimum Gasteiger partial charge on any atom is -0.381 e. The number of ether oxygens (including phenoxy) is 1. The monoisotopic (exact) mass is 395 g/mol. The van der Waals surface area contributed by atoms with Gasteiger partial charge in [-0.15, -0.1) is 12.4 Å². The lowest BCUT2D eigenvalue weighted by atomic mass is 9.79. The fraction of sp³-hybridized carbons (Fsp3) is 0.467. The fourth-order valence-electron chi connectivity index (χ4n) is 2.42. The topological polar surface area (TPSA) is 93.5 Å². The normalized spacial score (nSPS) is 16.0. The van der Waals surface area contributed by atoms with Gasteiger partial charge in [0.1, 0.15) is 0 Å². The fourth-order valence-corrected chi connectivity index (χ4v) is 2.76. The number of hydrogen-bond donors (Lipinski definition) is 3. The summed E-state index contributed by atoms with van der Waals surface area (Å²) < 4.78 is 5.26. The molecule has 0 atom stereocenters. The Morgan fingerprint density at radius 3 is 2.54 bits per heavy atom. The van der Waals surface area contributed by atoms with Crippen molar-refractivity contribution in [2.75, 3.05) is 31.6 Å². The van der Waals surface area contributed by atoms with E-state index in [0.717, 1.165) is 0 Å². The van der Waals surface area contributed by atoms with Crippen LogP contribution in [0.5, 0.6) is 0 Å². The third kappa shape index (κ3) is 5.22. The second-order valence-corrected chi connectivity index (χ2v) is 6.30. The molecular formula is C15H20Cl3N3O3. The summed E-state index contributed by atoms with van der Waals surface area (Å²) in [5, 5.41) is 6.08. The Morgan fingerprint density at radius 2 is 1.92 bits per heavy atom. The molecule has 1 aliphatic heterocycles. The SMILES string of the molecule is Cl.NCC1(C(=O)NCC(=O)Nc2cc(Cl)ccc2Cl)CCOCC1. The summed E-state index contributed by atoms with van der Waals surface area (Å²) in [5.41, 5.74) is 5.50. The van der Waals surface area contributed by atoms with Crippen molar-refractivity contribution in [1.82, 2.24) is 5.32 Å². The zero-order chi connectivity index (χ0) is 16.9. The standard InChI is InChI=1S/C15H19Cl2N3O3.ClH/c16-10-1-2-11(17)12(7-10)20-13(21)8-19-14(22)15(9-18)3-5-23-6-4-15;/h1-2,7H,3-6,8-9,18H2,(H,19,22)(H,20,21);1H. The highest BCUT2D eigenvalue weighted by Crippen LogP contribution is 2.29. The quantitative estimate of drug-likeness (QED) is 0.711. The maximum Gasteiger partial charge on any atom is 0.243 e. The molecule has 0 aromatic heterocycles. The Kier molecular flexibility index (Phi) is 8.26. The van der Waals surface area contributed by atoms with Crippen LogP contribution in [0, 0.1) is 5.41 Å². The summed E-state index contributed by atoms with van der Waals surface area (Å²) in [6, 6.07) is 4.75. The van der Waals surface area contributed by atoms with Crippen LogP contribution in [-0.4, -0.2) is 38.1 Å². The molecule has 1 aliphatic rings. The van der Waals surface area contributed by atoms with E-state index in [1.165, 1.54) is 0 Å². The van der Waals surface area contributed by atoms with Gasteiger partial charge in [0.2, 0.25) is 11.8 Å². The van der Waals surface area contributed by atoms with Crippen LogP contribution in [0.25, 0.3) is 0 Å². The molecule has 24 heavy (non-hydrogen) atoms. The van der Waals surface area contributed by atoms with Gasteiger partial charge >= 0.3 is 0 Å². The van der Waals surface area contributed by atoms with Crippen molar-refractivity contribution >= 4 is 53.1 Å². The number of hydrogen-bond acceptors (Lipinski definition) is 4. The van der Waals surface area contributed by atoms with Crippen molar-refractivity contribution in [1.29, 1.82) is 0 Å². The van der Waals surface area contributed by atoms with E-state index in [1.54, 1.807) is 18.2 Å². The number of nitrogens with one attached hydrogen (secondary N) is 2. The van der Waals surface area contributed by atoms with Gasteiger partial charge in [0.15, 0.2) is 0 Å². The number of benzene rings is 1. The van der Waals surface area contributed by atoms with E-state index in [-0.39, 0.29) is 37.3 Å². The van der Waals surface area contributed by atoms with Crippen LogP contribution in [0.1, 0.15) is 12.8 Å². The van der Waals surface area contributed by atoms with Gasteiger partial charge in [-0.05, 0) is 31.0 Å². The van der Waals surface area contributed by atoms with Gasteiger partial charge in [-0.25, -0.2) is 0 Å². The van der Waals surface area contributed by atoms with E-state index in [2.05, 4.69) is 10.6 Å². The van der Waals surface area contributed by atoms with Crippen molar-refractivity contribution in [3.63, 3.8) is 0 Å². The zero-order valence-corrected chi connectivity index (χ0v) is 15.3. The first-order valence-corrected chi connectivity index (χ1v) is 8.03. The van der Waals surface area contributed by atoms with Gasteiger partial charge in [-0.2, -0.15) is 0 Å². The average Bonchev–Trinajstić information content (AvgIpc) is 2.56. The number of carbonyl (C=O) groups is 2. The second kappa shape index (κ2) is 9.44. The van der Waals surface area contributed by atoms with Gasteiger partial charge in [-0.3, -0.25) is 9.59 Å². The Hall–Kier alpha value is -1.05. The Balaban J connectivity index is 0.00000288. The third-order valence-electron chi connectivity index (χ3n) is 3.93. The van der Waals surface area contributed by atoms with Crippen molar-refractivity contribution in [3.05, 3.63) is 28.2 Å². The first kappa shape index (κ1) is 21.0. The lowest BCUT2D eigenvalue weighted by Crippen LogP contribution is -2.50. The molecule has 9 heteroatoms. The van der Waals surface area contributed by atoms with Gasteiger partial charge < -0.3 is 21.1 Å². The molecular weight excluding hydrogens is 377 g/mol. The van der Waals surface area contributed by atoms with Crippen LogP contribution < -0.4 is 16.4 Å². The number of halogens is 3. The predicted octanol–water partition coefficient (Wildman–Crippen LogP) is 2.23. The van der Waals surface area contributed by atoms with Crippen LogP contribution in [0.2, 0.25) is 10.0 Å². The minimum atomic E-state index is -0.660. The van der Waals surface area contributed by atoms with Crippen LogP contribution in [0.3, 0.4) is 0 Å². The van der Waals surface area contributed by atoms with Crippen LogP contribution >= 0.6 is 35.6 Å². The molecule has 0 spiro atoms. The molecule has 1 aromatic rings. The highest BCUT2D eigenvalue weighted by Gasteiger charge is 2.38. The van der Waals surface area contributed by atoms with Gasteiger partial charge in [0.25, 0.3) is 0 Å². The van der Waals surface area contributed by atoms with Crippen LogP contribution in [0.15, 0.2) is 18.2 Å². The maximum absolute atomic E-state index is 12.4. The molecule has 0 bridgehead atoms. The smallest absolute Gasteiger partial charge is 0.243 e. The molecule has 0 radical (unpaired) electrons. The first-order chi connectivity index (χ1) is 11.0.